The molecule has 0 radical (unpaired) electrons. The van der Waals surface area contributed by atoms with Crippen LogP contribution >= 0.6 is 0 Å². The molecule has 0 saturated heterocycles. The lowest BCUT2D eigenvalue weighted by Crippen LogP contribution is -2.23. The highest BCUT2D eigenvalue weighted by Crippen LogP contribution is 2.33. The van der Waals surface area contributed by atoms with Gasteiger partial charge in [-0.3, -0.25) is 4.79 Å². The molecule has 2 rings (SSSR count). The molecule has 0 fully saturated rings. The third-order valence-electron chi connectivity index (χ3n) is 2.39. The fourth-order valence-electron chi connectivity index (χ4n) is 1.49. The second-order valence-corrected chi connectivity index (χ2v) is 3.90. The van der Waals surface area contributed by atoms with Gasteiger partial charge in [-0.05, 0) is 12.1 Å². The summed E-state index contributed by atoms with van der Waals surface area (Å²) in [6.45, 7) is -0.250. The summed E-state index contributed by atoms with van der Waals surface area (Å²) in [7, 11) is 0. The lowest BCUT2D eigenvalue weighted by Gasteiger charge is -2.18. The topological polar surface area (TPSA) is 46.5 Å². The van der Waals surface area contributed by atoms with E-state index in [0.29, 0.717) is 0 Å². The van der Waals surface area contributed by atoms with E-state index >= 15 is 0 Å². The van der Waals surface area contributed by atoms with Gasteiger partial charge in [0.2, 0.25) is 0 Å². The van der Waals surface area contributed by atoms with Crippen molar-refractivity contribution in [1.82, 2.24) is 0 Å². The van der Waals surface area contributed by atoms with Crippen molar-refractivity contribution in [3.63, 3.8) is 0 Å². The van der Waals surface area contributed by atoms with E-state index in [1.165, 1.54) is 6.07 Å². The van der Waals surface area contributed by atoms with Crippen molar-refractivity contribution < 1.29 is 41.0 Å². The van der Waals surface area contributed by atoms with Gasteiger partial charge in [-0.1, -0.05) is 12.1 Å². The van der Waals surface area contributed by atoms with Gasteiger partial charge in [-0.25, -0.2) is 17.6 Å². The van der Waals surface area contributed by atoms with Gasteiger partial charge in [0.1, 0.15) is 11.6 Å². The monoisotopic (exact) mass is 338 g/mol. The zero-order chi connectivity index (χ0) is 17.6. The first-order valence-corrected chi connectivity index (χ1v) is 5.77. The molecule has 2 aromatic carbocycles. The Morgan fingerprint density at radius 3 is 1.91 bits per heavy atom. The number of carbonyl (C=O) groups is 1. The van der Waals surface area contributed by atoms with Crippen LogP contribution in [0.1, 0.15) is 5.56 Å². The first kappa shape index (κ1) is 18.3. The Kier molecular flexibility index (Phi) is 6.00. The summed E-state index contributed by atoms with van der Waals surface area (Å²) >= 11 is 0. The van der Waals surface area contributed by atoms with Gasteiger partial charge in [-0.15, -0.1) is 0 Å². The molecule has 9 heteroatoms. The summed E-state index contributed by atoms with van der Waals surface area (Å²) in [4.78, 5) is 8.36. The molecule has 124 valence electrons. The molecule has 0 heterocycles. The van der Waals surface area contributed by atoms with Crippen LogP contribution in [0.3, 0.4) is 0 Å². The second-order valence-electron chi connectivity index (χ2n) is 3.90. The maximum atomic E-state index is 13.7. The second kappa shape index (κ2) is 7.52. The third kappa shape index (κ3) is 4.63. The maximum absolute atomic E-state index is 13.7. The highest BCUT2D eigenvalue weighted by molar-refractivity contribution is 5.32. The van der Waals surface area contributed by atoms with Crippen molar-refractivity contribution in [3.8, 4) is 5.75 Å². The molecule has 23 heavy (non-hydrogen) atoms. The van der Waals surface area contributed by atoms with Crippen LogP contribution in [0.25, 0.3) is 0 Å². The number of ether oxygens (including phenoxy) is 1. The number of hydrogen-bond acceptors (Lipinski definition) is 2. The van der Waals surface area contributed by atoms with Gasteiger partial charge in [-0.2, -0.15) is 8.78 Å². The zero-order valence-corrected chi connectivity index (χ0v) is 11.1. The predicted molar refractivity (Wildman–Crippen MR) is 65.9 cm³/mol. The minimum Gasteiger partial charge on any atom is -0.483 e. The molecule has 0 saturated carbocycles. The third-order valence-corrected chi connectivity index (χ3v) is 2.39. The van der Waals surface area contributed by atoms with E-state index in [-0.39, 0.29) is 18.6 Å². The van der Waals surface area contributed by atoms with Crippen LogP contribution in [0.2, 0.25) is 0 Å². The summed E-state index contributed by atoms with van der Waals surface area (Å²) < 4.78 is 83.1. The van der Waals surface area contributed by atoms with E-state index in [0.717, 1.165) is 18.2 Å². The number of carboxylic acid groups (broad SMARTS) is 1. The standard InChI is InChI=1S/C13H6F6O.CH2O2/c14-9-4-2-1-3-8(9)13(18,19)20-7-5-10(15)12(17)11(16)6-7;2-1-3/h1-6H;1H,(H,2,3). The Morgan fingerprint density at radius 1 is 0.957 bits per heavy atom. The number of benzene rings is 2. The van der Waals surface area contributed by atoms with Crippen molar-refractivity contribution in [2.75, 3.05) is 0 Å². The zero-order valence-electron chi connectivity index (χ0n) is 11.1. The van der Waals surface area contributed by atoms with Gasteiger partial charge in [0, 0.05) is 12.1 Å². The molecule has 0 atom stereocenters. The lowest BCUT2D eigenvalue weighted by atomic mass is 10.2. The maximum Gasteiger partial charge on any atom is 0.429 e. The smallest absolute Gasteiger partial charge is 0.429 e. The molecule has 0 aromatic heterocycles. The average Bonchev–Trinajstić information content (AvgIpc) is 2.45. The van der Waals surface area contributed by atoms with E-state index in [4.69, 9.17) is 9.90 Å². The molecule has 0 unspecified atom stereocenters. The van der Waals surface area contributed by atoms with E-state index in [1.807, 2.05) is 0 Å². The van der Waals surface area contributed by atoms with Gasteiger partial charge < -0.3 is 9.84 Å². The molecule has 2 aromatic rings. The van der Waals surface area contributed by atoms with Crippen LogP contribution in [-0.4, -0.2) is 11.6 Å². The van der Waals surface area contributed by atoms with E-state index in [2.05, 4.69) is 4.74 Å². The molecule has 0 bridgehead atoms. The first-order chi connectivity index (χ1) is 10.7. The van der Waals surface area contributed by atoms with E-state index in [1.54, 1.807) is 0 Å². The van der Waals surface area contributed by atoms with Crippen molar-refractivity contribution in [1.29, 1.82) is 0 Å². The Morgan fingerprint density at radius 2 is 1.43 bits per heavy atom. The molecule has 3 nitrogen and oxygen atoms in total. The van der Waals surface area contributed by atoms with Crippen molar-refractivity contribution in [2.24, 2.45) is 0 Å². The highest BCUT2D eigenvalue weighted by atomic mass is 19.3. The Bertz CT molecular complexity index is 667. The van der Waals surface area contributed by atoms with Gasteiger partial charge in [0.05, 0.1) is 5.56 Å². The summed E-state index contributed by atoms with van der Waals surface area (Å²) in [5.74, 6) is -7.41. The first-order valence-electron chi connectivity index (χ1n) is 5.77. The summed E-state index contributed by atoms with van der Waals surface area (Å²) in [5.41, 5.74) is -1.11. The Labute approximate surface area is 125 Å². The molecule has 0 aliphatic rings. The van der Waals surface area contributed by atoms with Gasteiger partial charge in [0.15, 0.2) is 17.5 Å². The molecular weight excluding hydrogens is 330 g/mol. The van der Waals surface area contributed by atoms with Crippen LogP contribution in [-0.2, 0) is 10.9 Å². The lowest BCUT2D eigenvalue weighted by molar-refractivity contribution is -0.187. The average molecular weight is 338 g/mol. The van der Waals surface area contributed by atoms with Crippen LogP contribution in [0, 0.1) is 23.3 Å². The molecule has 0 aliphatic carbocycles. The number of hydrogen-bond donors (Lipinski definition) is 1. The van der Waals surface area contributed by atoms with Crippen LogP contribution < -0.4 is 4.74 Å². The van der Waals surface area contributed by atoms with Gasteiger partial charge >= 0.3 is 6.11 Å². The quantitative estimate of drug-likeness (QED) is 0.521. The fourth-order valence-corrected chi connectivity index (χ4v) is 1.49. The van der Waals surface area contributed by atoms with Crippen LogP contribution in [0.5, 0.6) is 5.75 Å². The molecule has 0 aliphatic heterocycles. The predicted octanol–water partition coefficient (Wildman–Crippen LogP) is 4.07. The summed E-state index contributed by atoms with van der Waals surface area (Å²) in [6.07, 6.45) is -4.16. The molecule has 0 amide bonds. The SMILES string of the molecule is Fc1ccccc1C(F)(F)Oc1cc(F)c(F)c(F)c1.O=CO. The minimum absolute atomic E-state index is 0.243. The fraction of sp³-hybridized carbons (Fsp3) is 0.0714. The number of alkyl halides is 2. The Hall–Kier alpha value is -2.71. The van der Waals surface area contributed by atoms with Crippen LogP contribution in [0.15, 0.2) is 36.4 Å². The van der Waals surface area contributed by atoms with E-state index in [9.17, 15) is 26.3 Å². The molecular formula is C14H8F6O3. The minimum atomic E-state index is -4.16. The normalized spacial score (nSPS) is 10.5. The number of rotatable bonds is 3. The Balaban J connectivity index is 0.000000816. The summed E-state index contributed by atoms with van der Waals surface area (Å²) in [5, 5.41) is 6.89. The van der Waals surface area contributed by atoms with Crippen molar-refractivity contribution >= 4 is 6.47 Å². The highest BCUT2D eigenvalue weighted by Gasteiger charge is 2.37. The molecule has 0 spiro atoms. The van der Waals surface area contributed by atoms with Crippen molar-refractivity contribution in [2.45, 2.75) is 6.11 Å². The van der Waals surface area contributed by atoms with Crippen molar-refractivity contribution in [3.05, 3.63) is 65.2 Å². The summed E-state index contributed by atoms with van der Waals surface area (Å²) in [6, 6.07) is 4.35. The van der Waals surface area contributed by atoms with Crippen LogP contribution in [0.4, 0.5) is 26.3 Å². The molecule has 1 N–H and O–H groups in total. The largest absolute Gasteiger partial charge is 0.483 e. The van der Waals surface area contributed by atoms with Gasteiger partial charge in [0.25, 0.3) is 6.47 Å². The number of halogens is 6. The van der Waals surface area contributed by atoms with E-state index < -0.39 is 40.7 Å².